The van der Waals surface area contributed by atoms with E-state index >= 15 is 0 Å². The monoisotopic (exact) mass is 596 g/mol. The first-order valence-corrected chi connectivity index (χ1v) is 14.8. The van der Waals surface area contributed by atoms with Gasteiger partial charge in [0.15, 0.2) is 4.80 Å². The lowest BCUT2D eigenvalue weighted by Crippen LogP contribution is -2.39. The number of thiophene rings is 1. The minimum Gasteiger partial charge on any atom is -0.465 e. The summed E-state index contributed by atoms with van der Waals surface area (Å²) < 4.78 is 18.4. The van der Waals surface area contributed by atoms with Gasteiger partial charge in [0.2, 0.25) is 0 Å². The third-order valence-electron chi connectivity index (χ3n) is 6.68. The molecule has 1 aliphatic rings. The van der Waals surface area contributed by atoms with Crippen molar-refractivity contribution < 1.29 is 23.5 Å². The van der Waals surface area contributed by atoms with E-state index in [1.54, 1.807) is 54.0 Å². The summed E-state index contributed by atoms with van der Waals surface area (Å²) in [5.74, 6) is -0.109. The molecular weight excluding hydrogens is 572 g/mol. The number of nitrogens with zero attached hydrogens (tertiary/aromatic N) is 2. The molecule has 3 aromatic heterocycles. The van der Waals surface area contributed by atoms with Crippen LogP contribution in [-0.2, 0) is 14.3 Å². The zero-order valence-electron chi connectivity index (χ0n) is 22.6. The molecule has 0 fully saturated rings. The topological polar surface area (TPSA) is 100 Å². The van der Waals surface area contributed by atoms with Crippen molar-refractivity contribution in [1.82, 2.24) is 4.57 Å². The SMILES string of the molecule is CCOC(=O)C1=C(c2ccccc2)N=c2s/c(=C/c3ccc(-c4ccccc4C(=O)OC)o3)c(=O)n2C1c1cccs1. The molecule has 0 amide bonds. The molecule has 1 atom stereocenters. The van der Waals surface area contributed by atoms with E-state index < -0.39 is 18.0 Å². The maximum atomic E-state index is 14.0. The Morgan fingerprint density at radius 3 is 2.52 bits per heavy atom. The number of benzene rings is 2. The molecule has 0 bridgehead atoms. The van der Waals surface area contributed by atoms with Gasteiger partial charge >= 0.3 is 11.9 Å². The van der Waals surface area contributed by atoms with Crippen LogP contribution in [-0.4, -0.2) is 30.2 Å². The zero-order chi connectivity index (χ0) is 29.2. The summed E-state index contributed by atoms with van der Waals surface area (Å²) in [6.07, 6.45) is 1.65. The summed E-state index contributed by atoms with van der Waals surface area (Å²) in [6, 6.07) is 23.0. The van der Waals surface area contributed by atoms with Crippen LogP contribution in [0.4, 0.5) is 0 Å². The molecule has 0 N–H and O–H groups in total. The molecule has 0 saturated carbocycles. The number of fused-ring (bicyclic) bond motifs is 1. The second-order valence-corrected chi connectivity index (χ2v) is 11.2. The average molecular weight is 597 g/mol. The van der Waals surface area contributed by atoms with E-state index in [4.69, 9.17) is 18.9 Å². The van der Waals surface area contributed by atoms with Crippen molar-refractivity contribution in [1.29, 1.82) is 0 Å². The van der Waals surface area contributed by atoms with Crippen molar-refractivity contribution in [2.45, 2.75) is 13.0 Å². The maximum absolute atomic E-state index is 14.0. The minimum atomic E-state index is -0.711. The van der Waals surface area contributed by atoms with Crippen molar-refractivity contribution in [3.05, 3.63) is 131 Å². The Hall–Kier alpha value is -4.80. The van der Waals surface area contributed by atoms with Gasteiger partial charge in [-0.15, -0.1) is 11.3 Å². The van der Waals surface area contributed by atoms with Crippen molar-refractivity contribution in [3.8, 4) is 11.3 Å². The average Bonchev–Trinajstić information content (AvgIpc) is 3.78. The molecule has 42 heavy (non-hydrogen) atoms. The van der Waals surface area contributed by atoms with Gasteiger partial charge in [-0.05, 0) is 36.6 Å². The number of carbonyl (C=O) groups is 2. The van der Waals surface area contributed by atoms with Gasteiger partial charge in [-0.25, -0.2) is 14.6 Å². The van der Waals surface area contributed by atoms with E-state index in [9.17, 15) is 14.4 Å². The van der Waals surface area contributed by atoms with E-state index in [0.29, 0.717) is 43.3 Å². The molecule has 210 valence electrons. The van der Waals surface area contributed by atoms with Crippen molar-refractivity contribution in [2.75, 3.05) is 13.7 Å². The van der Waals surface area contributed by atoms with E-state index in [1.807, 2.05) is 47.8 Å². The van der Waals surface area contributed by atoms with Gasteiger partial charge in [0.05, 0.1) is 35.1 Å². The first-order valence-electron chi connectivity index (χ1n) is 13.1. The Morgan fingerprint density at radius 1 is 1.00 bits per heavy atom. The molecule has 0 radical (unpaired) electrons. The van der Waals surface area contributed by atoms with Crippen LogP contribution in [0.5, 0.6) is 0 Å². The summed E-state index contributed by atoms with van der Waals surface area (Å²) in [6.45, 7) is 1.93. The van der Waals surface area contributed by atoms with Crippen molar-refractivity contribution >= 4 is 46.4 Å². The first-order chi connectivity index (χ1) is 20.5. The van der Waals surface area contributed by atoms with Gasteiger partial charge in [-0.2, -0.15) is 0 Å². The Kier molecular flexibility index (Phi) is 7.56. The number of hydrogen-bond acceptors (Lipinski definition) is 9. The third kappa shape index (κ3) is 4.95. The molecule has 1 unspecified atom stereocenters. The largest absolute Gasteiger partial charge is 0.465 e. The first kappa shape index (κ1) is 27.4. The normalized spacial score (nSPS) is 14.8. The van der Waals surface area contributed by atoms with Gasteiger partial charge < -0.3 is 13.9 Å². The highest BCUT2D eigenvalue weighted by molar-refractivity contribution is 7.10. The zero-order valence-corrected chi connectivity index (χ0v) is 24.2. The summed E-state index contributed by atoms with van der Waals surface area (Å²) in [7, 11) is 1.33. The number of aromatic nitrogens is 1. The van der Waals surface area contributed by atoms with Gasteiger partial charge in [0, 0.05) is 22.1 Å². The number of esters is 2. The number of ether oxygens (including phenoxy) is 2. The highest BCUT2D eigenvalue weighted by atomic mass is 32.1. The predicted octanol–water partition coefficient (Wildman–Crippen LogP) is 5.04. The second-order valence-electron chi connectivity index (χ2n) is 9.19. The highest BCUT2D eigenvalue weighted by Crippen LogP contribution is 2.37. The van der Waals surface area contributed by atoms with Gasteiger partial charge in [-0.1, -0.05) is 65.9 Å². The van der Waals surface area contributed by atoms with Crippen LogP contribution in [0.3, 0.4) is 0 Å². The number of methoxy groups -OCH3 is 1. The molecule has 10 heteroatoms. The Labute approximate surface area is 248 Å². The van der Waals surface area contributed by atoms with Gasteiger partial charge in [-0.3, -0.25) is 9.36 Å². The summed E-state index contributed by atoms with van der Waals surface area (Å²) in [5.41, 5.74) is 2.17. The van der Waals surface area contributed by atoms with Crippen LogP contribution < -0.4 is 14.9 Å². The van der Waals surface area contributed by atoms with Crippen LogP contribution >= 0.6 is 22.7 Å². The van der Waals surface area contributed by atoms with Crippen LogP contribution in [0.2, 0.25) is 0 Å². The third-order valence-corrected chi connectivity index (χ3v) is 8.59. The quantitative estimate of drug-likeness (QED) is 0.244. The predicted molar refractivity (Wildman–Crippen MR) is 161 cm³/mol. The Bertz CT molecular complexity index is 2000. The Morgan fingerprint density at radius 2 is 1.79 bits per heavy atom. The molecule has 8 nitrogen and oxygen atoms in total. The highest BCUT2D eigenvalue weighted by Gasteiger charge is 2.35. The summed E-state index contributed by atoms with van der Waals surface area (Å²) in [5, 5.41) is 1.91. The van der Waals surface area contributed by atoms with Gasteiger partial charge in [0.1, 0.15) is 17.6 Å². The molecule has 6 rings (SSSR count). The number of furan rings is 1. The second kappa shape index (κ2) is 11.6. The lowest BCUT2D eigenvalue weighted by atomic mass is 9.97. The standard InChI is InChI=1S/C32H24N2O6S2/c1-3-39-31(37)26-27(19-10-5-4-6-11-19)33-32-34(28(26)24-14-9-17-41-24)29(35)25(42-32)18-20-15-16-23(40-20)21-12-7-8-13-22(21)30(36)38-2/h4-18,28H,3H2,1-2H3/b25-18+. The summed E-state index contributed by atoms with van der Waals surface area (Å²) in [4.78, 5) is 45.8. The van der Waals surface area contributed by atoms with Gasteiger partial charge in [0.25, 0.3) is 5.56 Å². The molecule has 0 spiro atoms. The molecule has 4 heterocycles. The molecular formula is C32H24N2O6S2. The molecule has 2 aromatic carbocycles. The van der Waals surface area contributed by atoms with Crippen LogP contribution in [0, 0.1) is 0 Å². The smallest absolute Gasteiger partial charge is 0.338 e. The lowest BCUT2D eigenvalue weighted by Gasteiger charge is -2.24. The maximum Gasteiger partial charge on any atom is 0.338 e. The molecule has 1 aliphatic heterocycles. The number of rotatable bonds is 7. The van der Waals surface area contributed by atoms with Crippen molar-refractivity contribution in [3.63, 3.8) is 0 Å². The Balaban J connectivity index is 1.52. The number of carbonyl (C=O) groups excluding carboxylic acids is 2. The summed E-state index contributed by atoms with van der Waals surface area (Å²) >= 11 is 2.67. The fourth-order valence-corrected chi connectivity index (χ4v) is 6.65. The van der Waals surface area contributed by atoms with Crippen LogP contribution in [0.15, 0.2) is 104 Å². The van der Waals surface area contributed by atoms with E-state index in [-0.39, 0.29) is 12.2 Å². The lowest BCUT2D eigenvalue weighted by molar-refractivity contribution is -0.138. The fourth-order valence-electron chi connectivity index (χ4n) is 4.85. The number of hydrogen-bond donors (Lipinski definition) is 0. The molecule has 0 saturated heterocycles. The van der Waals surface area contributed by atoms with E-state index in [2.05, 4.69) is 0 Å². The van der Waals surface area contributed by atoms with Crippen LogP contribution in [0.1, 0.15) is 39.5 Å². The molecule has 5 aromatic rings. The van der Waals surface area contributed by atoms with E-state index in [0.717, 1.165) is 10.4 Å². The minimum absolute atomic E-state index is 0.186. The fraction of sp³-hybridized carbons (Fsp3) is 0.125. The number of thiazole rings is 1. The van der Waals surface area contributed by atoms with Crippen molar-refractivity contribution in [2.24, 2.45) is 4.99 Å². The van der Waals surface area contributed by atoms with Crippen LogP contribution in [0.25, 0.3) is 23.1 Å². The molecule has 0 aliphatic carbocycles. The van der Waals surface area contributed by atoms with E-state index in [1.165, 1.54) is 29.8 Å².